The molecule has 0 spiro atoms. The standard InChI is InChI=1S/C9H16N2O4/c1-10-9(8(14)15-3)4-6(7(12)13)11(2)5-9/h6,10H,4-5H2,1-3H3,(H,12,13). The highest BCUT2D eigenvalue weighted by Gasteiger charge is 2.50. The van der Waals surface area contributed by atoms with Crippen LogP contribution in [0.1, 0.15) is 6.42 Å². The van der Waals surface area contributed by atoms with E-state index in [9.17, 15) is 9.59 Å². The molecule has 0 amide bonds. The number of carbonyl (C=O) groups excluding carboxylic acids is 1. The predicted molar refractivity (Wildman–Crippen MR) is 52.5 cm³/mol. The first kappa shape index (κ1) is 11.9. The number of ether oxygens (including phenoxy) is 1. The van der Waals surface area contributed by atoms with Gasteiger partial charge in [-0.1, -0.05) is 0 Å². The van der Waals surface area contributed by atoms with Crippen molar-refractivity contribution in [3.63, 3.8) is 0 Å². The number of carbonyl (C=O) groups is 2. The van der Waals surface area contributed by atoms with Gasteiger partial charge in [0.1, 0.15) is 11.6 Å². The average Bonchev–Trinajstić information content (AvgIpc) is 2.56. The summed E-state index contributed by atoms with van der Waals surface area (Å²) in [7, 11) is 4.62. The molecule has 86 valence electrons. The van der Waals surface area contributed by atoms with Gasteiger partial charge < -0.3 is 15.2 Å². The Hall–Kier alpha value is -1.14. The van der Waals surface area contributed by atoms with Crippen molar-refractivity contribution in [3.05, 3.63) is 0 Å². The molecule has 2 atom stereocenters. The number of hydrogen-bond acceptors (Lipinski definition) is 5. The van der Waals surface area contributed by atoms with Crippen LogP contribution in [0, 0.1) is 0 Å². The molecular weight excluding hydrogens is 200 g/mol. The Morgan fingerprint density at radius 2 is 2.20 bits per heavy atom. The predicted octanol–water partition coefficient (Wildman–Crippen LogP) is -1.09. The average molecular weight is 216 g/mol. The lowest BCUT2D eigenvalue weighted by atomic mass is 9.96. The van der Waals surface area contributed by atoms with E-state index in [1.54, 1.807) is 19.0 Å². The summed E-state index contributed by atoms with van der Waals surface area (Å²) >= 11 is 0. The number of rotatable bonds is 3. The van der Waals surface area contributed by atoms with Crippen LogP contribution in [-0.2, 0) is 14.3 Å². The monoisotopic (exact) mass is 216 g/mol. The minimum atomic E-state index is -0.918. The zero-order chi connectivity index (χ0) is 11.6. The highest BCUT2D eigenvalue weighted by atomic mass is 16.5. The molecule has 1 aliphatic rings. The normalized spacial score (nSPS) is 31.5. The Bertz CT molecular complexity index is 281. The Morgan fingerprint density at radius 1 is 1.60 bits per heavy atom. The van der Waals surface area contributed by atoms with E-state index in [0.29, 0.717) is 6.54 Å². The summed E-state index contributed by atoms with van der Waals surface area (Å²) in [4.78, 5) is 24.1. The van der Waals surface area contributed by atoms with Gasteiger partial charge in [-0.05, 0) is 14.1 Å². The molecule has 6 nitrogen and oxygen atoms in total. The summed E-state index contributed by atoms with van der Waals surface area (Å²) in [5, 5.41) is 11.8. The van der Waals surface area contributed by atoms with Crippen LogP contribution in [0.2, 0.25) is 0 Å². The second-order valence-electron chi connectivity index (χ2n) is 3.80. The second-order valence-corrected chi connectivity index (χ2v) is 3.80. The van der Waals surface area contributed by atoms with Crippen LogP contribution in [0.4, 0.5) is 0 Å². The van der Waals surface area contributed by atoms with Crippen LogP contribution in [0.3, 0.4) is 0 Å². The molecule has 0 radical (unpaired) electrons. The molecule has 1 heterocycles. The van der Waals surface area contributed by atoms with E-state index in [1.807, 2.05) is 0 Å². The summed E-state index contributed by atoms with van der Waals surface area (Å²) in [6.07, 6.45) is 0.224. The highest BCUT2D eigenvalue weighted by Crippen LogP contribution is 2.26. The van der Waals surface area contributed by atoms with Gasteiger partial charge in [0.2, 0.25) is 0 Å². The van der Waals surface area contributed by atoms with Crippen LogP contribution in [-0.4, -0.2) is 61.3 Å². The zero-order valence-electron chi connectivity index (χ0n) is 9.11. The summed E-state index contributed by atoms with van der Waals surface area (Å²) in [6, 6.07) is -0.642. The molecule has 0 aromatic rings. The Morgan fingerprint density at radius 3 is 2.53 bits per heavy atom. The van der Waals surface area contributed by atoms with Gasteiger partial charge in [-0.15, -0.1) is 0 Å². The number of likely N-dealkylation sites (tertiary alicyclic amines) is 1. The van der Waals surface area contributed by atoms with Crippen LogP contribution in [0.25, 0.3) is 0 Å². The van der Waals surface area contributed by atoms with E-state index >= 15 is 0 Å². The number of carboxylic acid groups (broad SMARTS) is 1. The number of likely N-dealkylation sites (N-methyl/N-ethyl adjacent to an activating group) is 2. The molecule has 15 heavy (non-hydrogen) atoms. The van der Waals surface area contributed by atoms with E-state index in [4.69, 9.17) is 5.11 Å². The fourth-order valence-electron chi connectivity index (χ4n) is 1.99. The third-order valence-corrected chi connectivity index (χ3v) is 2.93. The van der Waals surface area contributed by atoms with Crippen LogP contribution < -0.4 is 5.32 Å². The van der Waals surface area contributed by atoms with Gasteiger partial charge >= 0.3 is 11.9 Å². The van der Waals surface area contributed by atoms with Gasteiger partial charge in [-0.3, -0.25) is 14.5 Å². The number of nitrogens with zero attached hydrogens (tertiary/aromatic N) is 1. The van der Waals surface area contributed by atoms with Crippen LogP contribution in [0.5, 0.6) is 0 Å². The lowest BCUT2D eigenvalue weighted by Crippen LogP contribution is -2.52. The Balaban J connectivity index is 2.88. The number of carboxylic acids is 1. The maximum absolute atomic E-state index is 11.6. The van der Waals surface area contributed by atoms with Crippen molar-refractivity contribution in [3.8, 4) is 0 Å². The van der Waals surface area contributed by atoms with E-state index in [0.717, 1.165) is 0 Å². The maximum atomic E-state index is 11.6. The molecule has 2 N–H and O–H groups in total. The summed E-state index contributed by atoms with van der Waals surface area (Å²) < 4.78 is 4.68. The number of hydrogen-bond donors (Lipinski definition) is 2. The minimum absolute atomic E-state index is 0.224. The van der Waals surface area contributed by atoms with Crippen molar-refractivity contribution in [1.82, 2.24) is 10.2 Å². The van der Waals surface area contributed by atoms with Crippen LogP contribution >= 0.6 is 0 Å². The zero-order valence-corrected chi connectivity index (χ0v) is 9.11. The molecule has 0 bridgehead atoms. The van der Waals surface area contributed by atoms with Crippen molar-refractivity contribution in [2.24, 2.45) is 0 Å². The van der Waals surface area contributed by atoms with Crippen molar-refractivity contribution in [1.29, 1.82) is 0 Å². The van der Waals surface area contributed by atoms with E-state index in [-0.39, 0.29) is 6.42 Å². The lowest BCUT2D eigenvalue weighted by molar-refractivity contribution is -0.147. The molecule has 1 fully saturated rings. The van der Waals surface area contributed by atoms with E-state index < -0.39 is 23.5 Å². The fourth-order valence-corrected chi connectivity index (χ4v) is 1.99. The smallest absolute Gasteiger partial charge is 0.327 e. The van der Waals surface area contributed by atoms with Crippen LogP contribution in [0.15, 0.2) is 0 Å². The first-order valence-corrected chi connectivity index (χ1v) is 4.67. The van der Waals surface area contributed by atoms with Crippen molar-refractivity contribution >= 4 is 11.9 Å². The fraction of sp³-hybridized carbons (Fsp3) is 0.778. The number of esters is 1. The number of aliphatic carboxylic acids is 1. The highest BCUT2D eigenvalue weighted by molar-refractivity contribution is 5.84. The van der Waals surface area contributed by atoms with E-state index in [2.05, 4.69) is 10.1 Å². The summed E-state index contributed by atoms with van der Waals surface area (Å²) in [5.41, 5.74) is -0.896. The quantitative estimate of drug-likeness (QED) is 0.583. The number of methoxy groups -OCH3 is 1. The molecule has 6 heteroatoms. The van der Waals surface area contributed by atoms with Gasteiger partial charge in [0, 0.05) is 13.0 Å². The number of nitrogens with one attached hydrogen (secondary N) is 1. The second kappa shape index (κ2) is 4.16. The Labute approximate surface area is 88.2 Å². The molecule has 0 aromatic carbocycles. The molecule has 2 unspecified atom stereocenters. The summed E-state index contributed by atoms with van der Waals surface area (Å²) in [5.74, 6) is -1.33. The van der Waals surface area contributed by atoms with E-state index in [1.165, 1.54) is 7.11 Å². The summed E-state index contributed by atoms with van der Waals surface area (Å²) in [6.45, 7) is 0.340. The van der Waals surface area contributed by atoms with Gasteiger partial charge in [0.25, 0.3) is 0 Å². The van der Waals surface area contributed by atoms with Gasteiger partial charge in [0.15, 0.2) is 0 Å². The lowest BCUT2D eigenvalue weighted by Gasteiger charge is -2.24. The first-order chi connectivity index (χ1) is 6.96. The molecule has 1 aliphatic heterocycles. The van der Waals surface area contributed by atoms with Gasteiger partial charge in [-0.2, -0.15) is 0 Å². The van der Waals surface area contributed by atoms with Crippen molar-refractivity contribution in [2.45, 2.75) is 18.0 Å². The molecule has 0 aromatic heterocycles. The first-order valence-electron chi connectivity index (χ1n) is 4.67. The van der Waals surface area contributed by atoms with Crippen molar-refractivity contribution in [2.75, 3.05) is 27.7 Å². The maximum Gasteiger partial charge on any atom is 0.327 e. The SMILES string of the molecule is CNC1(C(=O)OC)CC(C(=O)O)N(C)C1. The topological polar surface area (TPSA) is 78.9 Å². The van der Waals surface area contributed by atoms with Gasteiger partial charge in [0.05, 0.1) is 7.11 Å². The Kier molecular flexibility index (Phi) is 3.31. The molecule has 1 saturated heterocycles. The molecule has 1 rings (SSSR count). The third-order valence-electron chi connectivity index (χ3n) is 2.93. The van der Waals surface area contributed by atoms with Gasteiger partial charge in [-0.25, -0.2) is 0 Å². The van der Waals surface area contributed by atoms with Crippen molar-refractivity contribution < 1.29 is 19.4 Å². The minimum Gasteiger partial charge on any atom is -0.480 e. The molecule has 0 aliphatic carbocycles. The molecule has 0 saturated carbocycles. The third kappa shape index (κ3) is 1.95. The largest absolute Gasteiger partial charge is 0.480 e. The molecular formula is C9H16N2O4.